The van der Waals surface area contributed by atoms with Crippen molar-refractivity contribution < 1.29 is 20.1 Å². The first-order valence-corrected chi connectivity index (χ1v) is 5.92. The van der Waals surface area contributed by atoms with Gasteiger partial charge in [-0.2, -0.15) is 0 Å². The second-order valence-corrected chi connectivity index (χ2v) is 4.37. The van der Waals surface area contributed by atoms with Crippen LogP contribution in [0.2, 0.25) is 0 Å². The fraction of sp³-hybridized carbons (Fsp3) is 0.538. The Bertz CT molecular complexity index is 370. The number of rotatable bonds is 7. The summed E-state index contributed by atoms with van der Waals surface area (Å²) in [5.41, 5.74) is 0.587. The second-order valence-electron chi connectivity index (χ2n) is 4.37. The van der Waals surface area contributed by atoms with Crippen LogP contribution in [0.5, 0.6) is 11.5 Å². The van der Waals surface area contributed by atoms with E-state index in [9.17, 15) is 15.3 Å². The molecule has 18 heavy (non-hydrogen) atoms. The number of aliphatic hydroxyl groups is 1. The Balaban J connectivity index is 2.48. The van der Waals surface area contributed by atoms with Crippen LogP contribution in [0.15, 0.2) is 18.2 Å². The van der Waals surface area contributed by atoms with Gasteiger partial charge in [-0.1, -0.05) is 6.07 Å². The van der Waals surface area contributed by atoms with Gasteiger partial charge in [0.1, 0.15) is 0 Å². The normalized spacial score (nSPS) is 12.9. The summed E-state index contributed by atoms with van der Waals surface area (Å²) in [5, 5.41) is 28.6. The third-order valence-electron chi connectivity index (χ3n) is 2.76. The van der Waals surface area contributed by atoms with Crippen LogP contribution in [-0.2, 0) is 4.74 Å². The van der Waals surface area contributed by atoms with Gasteiger partial charge in [0.25, 0.3) is 0 Å². The Labute approximate surface area is 107 Å². The first-order chi connectivity index (χ1) is 8.54. The number of methoxy groups -OCH3 is 1. The molecule has 0 saturated heterocycles. The van der Waals surface area contributed by atoms with E-state index < -0.39 is 6.10 Å². The molecular formula is C13H21NO4. The van der Waals surface area contributed by atoms with Crippen molar-refractivity contribution in [3.05, 3.63) is 23.8 Å². The predicted octanol–water partition coefficient (Wildman–Crippen LogP) is 1.10. The summed E-state index contributed by atoms with van der Waals surface area (Å²) >= 11 is 0. The molecule has 0 heterocycles. The van der Waals surface area contributed by atoms with E-state index >= 15 is 0 Å². The van der Waals surface area contributed by atoms with Crippen LogP contribution in [0, 0.1) is 0 Å². The smallest absolute Gasteiger partial charge is 0.157 e. The molecule has 5 nitrogen and oxygen atoms in total. The molecule has 5 heteroatoms. The lowest BCUT2D eigenvalue weighted by molar-refractivity contribution is 0.117. The lowest BCUT2D eigenvalue weighted by Crippen LogP contribution is -2.26. The number of aliphatic hydroxyl groups excluding tert-OH is 1. The summed E-state index contributed by atoms with van der Waals surface area (Å²) in [7, 11) is 3.58. The molecule has 0 amide bonds. The van der Waals surface area contributed by atoms with Crippen LogP contribution >= 0.6 is 0 Å². The SMILES string of the molecule is COCCCN(C)CC(O)c1ccc(O)c(O)c1. The number of aromatic hydroxyl groups is 2. The number of likely N-dealkylation sites (N-methyl/N-ethyl adjacent to an activating group) is 1. The van der Waals surface area contributed by atoms with Crippen molar-refractivity contribution in [2.24, 2.45) is 0 Å². The number of benzene rings is 1. The Hall–Kier alpha value is -1.30. The first kappa shape index (κ1) is 14.8. The summed E-state index contributed by atoms with van der Waals surface area (Å²) in [6.45, 7) is 1.99. The molecule has 1 rings (SSSR count). The molecule has 0 bridgehead atoms. The Kier molecular flexibility index (Phi) is 5.91. The molecule has 0 aliphatic heterocycles. The highest BCUT2D eigenvalue weighted by atomic mass is 16.5. The molecule has 3 N–H and O–H groups in total. The van der Waals surface area contributed by atoms with Crippen LogP contribution in [0.4, 0.5) is 0 Å². The molecule has 0 aromatic heterocycles. The van der Waals surface area contributed by atoms with Gasteiger partial charge in [-0.15, -0.1) is 0 Å². The highest BCUT2D eigenvalue weighted by Crippen LogP contribution is 2.27. The highest BCUT2D eigenvalue weighted by Gasteiger charge is 2.12. The molecule has 0 fully saturated rings. The lowest BCUT2D eigenvalue weighted by Gasteiger charge is -2.20. The van der Waals surface area contributed by atoms with Crippen molar-refractivity contribution in [2.75, 3.05) is 33.9 Å². The molecule has 102 valence electrons. The summed E-state index contributed by atoms with van der Waals surface area (Å²) in [5.74, 6) is -0.395. The van der Waals surface area contributed by atoms with Crippen LogP contribution in [0.3, 0.4) is 0 Å². The van der Waals surface area contributed by atoms with E-state index in [1.165, 1.54) is 12.1 Å². The minimum absolute atomic E-state index is 0.181. The minimum atomic E-state index is -0.691. The fourth-order valence-electron chi connectivity index (χ4n) is 1.72. The Morgan fingerprint density at radius 1 is 1.28 bits per heavy atom. The average Bonchev–Trinajstić information content (AvgIpc) is 2.33. The Morgan fingerprint density at radius 3 is 2.61 bits per heavy atom. The molecule has 0 aliphatic carbocycles. The summed E-state index contributed by atoms with van der Waals surface area (Å²) in [6.07, 6.45) is 0.213. The van der Waals surface area contributed by atoms with E-state index in [0.29, 0.717) is 18.7 Å². The molecule has 1 atom stereocenters. The third-order valence-corrected chi connectivity index (χ3v) is 2.76. The van der Waals surface area contributed by atoms with Crippen molar-refractivity contribution in [1.29, 1.82) is 0 Å². The van der Waals surface area contributed by atoms with Crippen LogP contribution in [0.25, 0.3) is 0 Å². The first-order valence-electron chi connectivity index (χ1n) is 5.92. The number of nitrogens with zero attached hydrogens (tertiary/aromatic N) is 1. The largest absolute Gasteiger partial charge is 0.504 e. The van der Waals surface area contributed by atoms with E-state index in [-0.39, 0.29) is 11.5 Å². The summed E-state index contributed by atoms with van der Waals surface area (Å²) in [4.78, 5) is 1.99. The van der Waals surface area contributed by atoms with Gasteiger partial charge in [0.15, 0.2) is 11.5 Å². The predicted molar refractivity (Wildman–Crippen MR) is 68.7 cm³/mol. The lowest BCUT2D eigenvalue weighted by atomic mass is 10.1. The van der Waals surface area contributed by atoms with Gasteiger partial charge in [0.05, 0.1) is 6.10 Å². The van der Waals surface area contributed by atoms with E-state index in [1.807, 2.05) is 11.9 Å². The van der Waals surface area contributed by atoms with E-state index in [1.54, 1.807) is 13.2 Å². The van der Waals surface area contributed by atoms with Gasteiger partial charge < -0.3 is 25.0 Å². The third kappa shape index (κ3) is 4.52. The van der Waals surface area contributed by atoms with Crippen LogP contribution in [-0.4, -0.2) is 54.1 Å². The molecule has 0 aliphatic rings. The maximum absolute atomic E-state index is 10.00. The number of hydrogen-bond acceptors (Lipinski definition) is 5. The molecule has 1 aromatic rings. The quantitative estimate of drug-likeness (QED) is 0.502. The average molecular weight is 255 g/mol. The molecule has 0 spiro atoms. The zero-order chi connectivity index (χ0) is 13.5. The number of ether oxygens (including phenoxy) is 1. The standard InChI is InChI=1S/C13H21NO4/c1-14(6-3-7-18-2)9-13(17)10-4-5-11(15)12(16)8-10/h4-5,8,13,15-17H,3,6-7,9H2,1-2H3. The summed E-state index contributed by atoms with van der Waals surface area (Å²) in [6, 6.07) is 4.35. The topological polar surface area (TPSA) is 73.2 Å². The van der Waals surface area contributed by atoms with Gasteiger partial charge in [-0.25, -0.2) is 0 Å². The highest BCUT2D eigenvalue weighted by molar-refractivity contribution is 5.41. The zero-order valence-electron chi connectivity index (χ0n) is 10.8. The Morgan fingerprint density at radius 2 is 2.00 bits per heavy atom. The van der Waals surface area contributed by atoms with Crippen molar-refractivity contribution in [3.63, 3.8) is 0 Å². The molecule has 0 saturated carbocycles. The van der Waals surface area contributed by atoms with E-state index in [4.69, 9.17) is 4.74 Å². The molecule has 1 aromatic carbocycles. The summed E-state index contributed by atoms with van der Waals surface area (Å²) < 4.78 is 4.96. The second kappa shape index (κ2) is 7.20. The molecule has 0 radical (unpaired) electrons. The van der Waals surface area contributed by atoms with Gasteiger partial charge in [0.2, 0.25) is 0 Å². The van der Waals surface area contributed by atoms with Gasteiger partial charge in [-0.3, -0.25) is 0 Å². The van der Waals surface area contributed by atoms with Crippen LogP contribution < -0.4 is 0 Å². The van der Waals surface area contributed by atoms with Crippen molar-refractivity contribution in [2.45, 2.75) is 12.5 Å². The maximum Gasteiger partial charge on any atom is 0.157 e. The molecular weight excluding hydrogens is 234 g/mol. The van der Waals surface area contributed by atoms with E-state index in [2.05, 4.69) is 0 Å². The van der Waals surface area contributed by atoms with Crippen molar-refractivity contribution >= 4 is 0 Å². The number of phenolic OH excluding ortho intramolecular Hbond substituents is 2. The van der Waals surface area contributed by atoms with Gasteiger partial charge in [-0.05, 0) is 31.2 Å². The van der Waals surface area contributed by atoms with Crippen LogP contribution in [0.1, 0.15) is 18.1 Å². The van der Waals surface area contributed by atoms with Gasteiger partial charge >= 0.3 is 0 Å². The monoisotopic (exact) mass is 255 g/mol. The van der Waals surface area contributed by atoms with Crippen molar-refractivity contribution in [3.8, 4) is 11.5 Å². The number of phenols is 2. The number of hydrogen-bond donors (Lipinski definition) is 3. The van der Waals surface area contributed by atoms with Gasteiger partial charge in [0, 0.05) is 26.8 Å². The van der Waals surface area contributed by atoms with Crippen molar-refractivity contribution in [1.82, 2.24) is 4.90 Å². The maximum atomic E-state index is 10.00. The minimum Gasteiger partial charge on any atom is -0.504 e. The van der Waals surface area contributed by atoms with E-state index in [0.717, 1.165) is 13.0 Å². The fourth-order valence-corrected chi connectivity index (χ4v) is 1.72. The zero-order valence-corrected chi connectivity index (χ0v) is 10.8. The molecule has 1 unspecified atom stereocenters.